The minimum Gasteiger partial charge on any atom is -0.359 e. The summed E-state index contributed by atoms with van der Waals surface area (Å²) < 4.78 is 0. The van der Waals surface area contributed by atoms with E-state index in [1.165, 1.54) is 4.90 Å². The molecule has 0 aromatic heterocycles. The number of nitrogens with zero attached hydrogens (tertiary/aromatic N) is 1. The maximum atomic E-state index is 13.7. The first-order valence-electron chi connectivity index (χ1n) is 11.2. The molecule has 4 rings (SSSR count). The van der Waals surface area contributed by atoms with Crippen LogP contribution in [0.1, 0.15) is 51.2 Å². The molecule has 0 radical (unpaired) electrons. The molecule has 31 heavy (non-hydrogen) atoms. The Morgan fingerprint density at radius 1 is 1.16 bits per heavy atom. The van der Waals surface area contributed by atoms with Crippen LogP contribution in [0, 0.1) is 11.8 Å². The number of fused-ring (bicyclic) bond motifs is 1. The van der Waals surface area contributed by atoms with Gasteiger partial charge in [-0.25, -0.2) is 4.79 Å². The van der Waals surface area contributed by atoms with Crippen molar-refractivity contribution in [2.75, 3.05) is 10.2 Å². The first-order valence-corrected chi connectivity index (χ1v) is 11.2. The van der Waals surface area contributed by atoms with Crippen LogP contribution in [0.25, 0.3) is 0 Å². The van der Waals surface area contributed by atoms with Crippen molar-refractivity contribution in [1.29, 1.82) is 0 Å². The minimum absolute atomic E-state index is 0.0401. The largest absolute Gasteiger partial charge is 0.359 e. The second kappa shape index (κ2) is 8.35. The fourth-order valence-corrected chi connectivity index (χ4v) is 4.80. The molecule has 2 aromatic carbocycles. The van der Waals surface area contributed by atoms with Crippen molar-refractivity contribution in [3.8, 4) is 0 Å². The number of anilines is 2. The maximum absolute atomic E-state index is 13.7. The smallest absolute Gasteiger partial charge is 0.329 e. The molecule has 164 valence electrons. The van der Waals surface area contributed by atoms with Gasteiger partial charge in [0.15, 0.2) is 0 Å². The van der Waals surface area contributed by atoms with Crippen LogP contribution in [-0.2, 0) is 16.9 Å². The highest BCUT2D eigenvalue weighted by Gasteiger charge is 2.52. The number of carbonyl (C=O) groups is 2. The normalized spacial score (nSPS) is 27.9. The second-order valence-corrected chi connectivity index (χ2v) is 8.85. The van der Waals surface area contributed by atoms with E-state index in [4.69, 9.17) is 0 Å². The van der Waals surface area contributed by atoms with E-state index >= 15 is 0 Å². The number of carbonyl (C=O) groups excluding carboxylic acids is 2. The zero-order valence-corrected chi connectivity index (χ0v) is 18.4. The van der Waals surface area contributed by atoms with Crippen LogP contribution in [0.4, 0.5) is 16.2 Å². The lowest BCUT2D eigenvalue weighted by Gasteiger charge is -2.44. The van der Waals surface area contributed by atoms with Crippen molar-refractivity contribution in [3.63, 3.8) is 0 Å². The van der Waals surface area contributed by atoms with Crippen LogP contribution in [0.5, 0.6) is 0 Å². The van der Waals surface area contributed by atoms with Crippen molar-refractivity contribution in [2.24, 2.45) is 11.8 Å². The number of urea groups is 1. The third-order valence-electron chi connectivity index (χ3n) is 7.01. The van der Waals surface area contributed by atoms with Crippen LogP contribution < -0.4 is 15.5 Å². The number of aliphatic hydroxyl groups is 1. The summed E-state index contributed by atoms with van der Waals surface area (Å²) in [5.41, 5.74) is 0.235. The Hall–Kier alpha value is -2.86. The standard InChI is InChI=1S/C25H31N3O3/c1-4-18-12-14-19(15-13-18)28-24(30)27-22-10-6-5-9-20(22)25(28,31)23(29)26-21-11-7-8-16(2)17(21)3/h5-6,9-10,12-17,21,31H,4,7-8,11H2,1-3H3,(H,26,29)(H,27,30)/t16-,17-,21+,25+/m0/s1. The molecule has 6 heteroatoms. The van der Waals surface area contributed by atoms with E-state index in [0.717, 1.165) is 31.2 Å². The summed E-state index contributed by atoms with van der Waals surface area (Å²) in [6, 6.07) is 13.7. The Morgan fingerprint density at radius 3 is 2.58 bits per heavy atom. The van der Waals surface area contributed by atoms with Gasteiger partial charge in [-0.05, 0) is 48.4 Å². The predicted molar refractivity (Wildman–Crippen MR) is 122 cm³/mol. The van der Waals surface area contributed by atoms with Crippen LogP contribution in [0.3, 0.4) is 0 Å². The average Bonchev–Trinajstić information content (AvgIpc) is 2.77. The van der Waals surface area contributed by atoms with Gasteiger partial charge in [0.2, 0.25) is 0 Å². The Kier molecular flexibility index (Phi) is 5.75. The van der Waals surface area contributed by atoms with Gasteiger partial charge in [0.05, 0.1) is 5.69 Å². The van der Waals surface area contributed by atoms with Gasteiger partial charge < -0.3 is 15.7 Å². The number of para-hydroxylation sites is 1. The molecule has 0 unspecified atom stereocenters. The van der Waals surface area contributed by atoms with Gasteiger partial charge in [0.1, 0.15) is 0 Å². The van der Waals surface area contributed by atoms with Gasteiger partial charge in [-0.15, -0.1) is 0 Å². The highest BCUT2D eigenvalue weighted by Crippen LogP contribution is 2.40. The summed E-state index contributed by atoms with van der Waals surface area (Å²) in [5, 5.41) is 17.8. The molecule has 2 aliphatic rings. The third-order valence-corrected chi connectivity index (χ3v) is 7.01. The lowest BCUT2D eigenvalue weighted by molar-refractivity contribution is -0.141. The van der Waals surface area contributed by atoms with Crippen molar-refractivity contribution in [3.05, 3.63) is 59.7 Å². The molecule has 0 saturated heterocycles. The number of rotatable bonds is 4. The van der Waals surface area contributed by atoms with E-state index in [1.54, 1.807) is 36.4 Å². The van der Waals surface area contributed by atoms with E-state index in [-0.39, 0.29) is 6.04 Å². The molecule has 1 fully saturated rings. The van der Waals surface area contributed by atoms with Crippen molar-refractivity contribution < 1.29 is 14.7 Å². The Morgan fingerprint density at radius 2 is 1.87 bits per heavy atom. The summed E-state index contributed by atoms with van der Waals surface area (Å²) in [5.74, 6) is 0.222. The quantitative estimate of drug-likeness (QED) is 0.685. The number of hydrogen-bond donors (Lipinski definition) is 3. The lowest BCUT2D eigenvalue weighted by atomic mass is 9.78. The number of nitrogens with one attached hydrogen (secondary N) is 2. The van der Waals surface area contributed by atoms with Crippen molar-refractivity contribution in [1.82, 2.24) is 5.32 Å². The number of amides is 3. The number of benzene rings is 2. The molecule has 3 amide bonds. The number of hydrogen-bond acceptors (Lipinski definition) is 3. The molecule has 0 spiro atoms. The van der Waals surface area contributed by atoms with Crippen LogP contribution >= 0.6 is 0 Å². The molecular formula is C25H31N3O3. The molecule has 6 nitrogen and oxygen atoms in total. The van der Waals surface area contributed by atoms with Crippen LogP contribution in [0.15, 0.2) is 48.5 Å². The van der Waals surface area contributed by atoms with Crippen molar-refractivity contribution >= 4 is 23.3 Å². The summed E-state index contributed by atoms with van der Waals surface area (Å²) in [7, 11) is 0. The molecule has 1 aliphatic heterocycles. The van der Waals surface area contributed by atoms with E-state index < -0.39 is 17.7 Å². The highest BCUT2D eigenvalue weighted by atomic mass is 16.3. The summed E-state index contributed by atoms with van der Waals surface area (Å²) in [4.78, 5) is 28.0. The Bertz CT molecular complexity index is 974. The number of aryl methyl sites for hydroxylation is 1. The van der Waals surface area contributed by atoms with Gasteiger partial charge in [-0.1, -0.05) is 63.9 Å². The monoisotopic (exact) mass is 421 g/mol. The van der Waals surface area contributed by atoms with E-state index in [9.17, 15) is 14.7 Å². The molecule has 3 N–H and O–H groups in total. The van der Waals surface area contributed by atoms with Crippen molar-refractivity contribution in [2.45, 2.75) is 58.2 Å². The second-order valence-electron chi connectivity index (χ2n) is 8.85. The van der Waals surface area contributed by atoms with Crippen LogP contribution in [0.2, 0.25) is 0 Å². The first-order chi connectivity index (χ1) is 14.9. The highest BCUT2D eigenvalue weighted by molar-refractivity contribution is 6.11. The van der Waals surface area contributed by atoms with Crippen LogP contribution in [-0.4, -0.2) is 23.1 Å². The molecule has 2 aromatic rings. The fraction of sp³-hybridized carbons (Fsp3) is 0.440. The Labute approximate surface area is 183 Å². The molecule has 0 bridgehead atoms. The van der Waals surface area contributed by atoms with Gasteiger partial charge >= 0.3 is 6.03 Å². The summed E-state index contributed by atoms with van der Waals surface area (Å²) in [6.07, 6.45) is 3.90. The van der Waals surface area contributed by atoms with Gasteiger partial charge in [0.25, 0.3) is 11.6 Å². The fourth-order valence-electron chi connectivity index (χ4n) is 4.80. The zero-order valence-electron chi connectivity index (χ0n) is 18.4. The van der Waals surface area contributed by atoms with E-state index in [0.29, 0.717) is 28.8 Å². The predicted octanol–water partition coefficient (Wildman–Crippen LogP) is 4.39. The summed E-state index contributed by atoms with van der Waals surface area (Å²) >= 11 is 0. The van der Waals surface area contributed by atoms with E-state index in [2.05, 4.69) is 31.4 Å². The maximum Gasteiger partial charge on any atom is 0.329 e. The molecular weight excluding hydrogens is 390 g/mol. The first kappa shape index (κ1) is 21.4. The van der Waals surface area contributed by atoms with Gasteiger partial charge in [0, 0.05) is 17.3 Å². The van der Waals surface area contributed by atoms with E-state index in [1.807, 2.05) is 12.1 Å². The van der Waals surface area contributed by atoms with Gasteiger partial charge in [-0.2, -0.15) is 0 Å². The van der Waals surface area contributed by atoms with Gasteiger partial charge in [-0.3, -0.25) is 9.69 Å². The average molecular weight is 422 g/mol. The zero-order chi connectivity index (χ0) is 22.2. The Balaban J connectivity index is 1.76. The molecule has 1 heterocycles. The SMILES string of the molecule is CCc1ccc(N2C(=O)Nc3ccccc3[C@@]2(O)C(=O)N[C@@H]2CCC[C@H](C)[C@@H]2C)cc1. The lowest BCUT2D eigenvalue weighted by Crippen LogP contribution is -2.64. The molecule has 1 aliphatic carbocycles. The molecule has 4 atom stereocenters. The molecule has 1 saturated carbocycles. The topological polar surface area (TPSA) is 81.7 Å². The minimum atomic E-state index is -2.15. The third kappa shape index (κ3) is 3.69. The summed E-state index contributed by atoms with van der Waals surface area (Å²) in [6.45, 7) is 6.39.